The van der Waals surface area contributed by atoms with Crippen molar-refractivity contribution in [1.29, 1.82) is 0 Å². The van der Waals surface area contributed by atoms with E-state index in [1.54, 1.807) is 19.2 Å². The lowest BCUT2D eigenvalue weighted by Crippen LogP contribution is -2.28. The van der Waals surface area contributed by atoms with E-state index in [4.69, 9.17) is 0 Å². The number of hydrogen-bond acceptors (Lipinski definition) is 3. The average molecular weight is 365 g/mol. The molecule has 1 aromatic heterocycles. The molecule has 25 heavy (non-hydrogen) atoms. The van der Waals surface area contributed by atoms with Crippen molar-refractivity contribution in [3.63, 3.8) is 0 Å². The van der Waals surface area contributed by atoms with Gasteiger partial charge in [0.25, 0.3) is 5.91 Å². The molecule has 1 fully saturated rings. The number of halogens is 1. The van der Waals surface area contributed by atoms with Crippen molar-refractivity contribution in [1.82, 2.24) is 14.2 Å². The Morgan fingerprint density at radius 2 is 2.00 bits per heavy atom. The zero-order valence-electron chi connectivity index (χ0n) is 13.9. The van der Waals surface area contributed by atoms with Gasteiger partial charge in [0.1, 0.15) is 16.4 Å². The summed E-state index contributed by atoms with van der Waals surface area (Å²) < 4.78 is 39.7. The maximum Gasteiger partial charge on any atom is 0.270 e. The number of benzene rings is 1. The number of nitrogens with zero attached hydrogens (tertiary/aromatic N) is 2. The van der Waals surface area contributed by atoms with Crippen LogP contribution in [0.2, 0.25) is 0 Å². The molecule has 0 radical (unpaired) electrons. The molecule has 0 aliphatic carbocycles. The molecule has 0 atom stereocenters. The normalized spacial score (nSPS) is 15.4. The summed E-state index contributed by atoms with van der Waals surface area (Å²) in [5.74, 6) is -0.718. The predicted molar refractivity (Wildman–Crippen MR) is 91.0 cm³/mol. The van der Waals surface area contributed by atoms with Crippen LogP contribution in [0.3, 0.4) is 0 Å². The molecule has 134 valence electrons. The summed E-state index contributed by atoms with van der Waals surface area (Å²) in [7, 11) is -1.97. The van der Waals surface area contributed by atoms with E-state index in [-0.39, 0.29) is 28.9 Å². The Morgan fingerprint density at radius 3 is 2.68 bits per heavy atom. The van der Waals surface area contributed by atoms with Crippen LogP contribution in [0.1, 0.15) is 28.9 Å². The number of nitrogens with one attached hydrogen (secondary N) is 1. The molecule has 1 N–H and O–H groups in total. The summed E-state index contributed by atoms with van der Waals surface area (Å²) in [6, 6.07) is 7.37. The van der Waals surface area contributed by atoms with Crippen molar-refractivity contribution < 1.29 is 17.6 Å². The zero-order chi connectivity index (χ0) is 18.0. The summed E-state index contributed by atoms with van der Waals surface area (Å²) in [6.45, 7) is 1.25. The van der Waals surface area contributed by atoms with E-state index in [2.05, 4.69) is 4.98 Å². The molecule has 0 unspecified atom stereocenters. The Kier molecular flexibility index (Phi) is 4.91. The van der Waals surface area contributed by atoms with E-state index >= 15 is 0 Å². The minimum Gasteiger partial charge on any atom is -0.356 e. The number of carbonyl (C=O) groups excluding carboxylic acids is 1. The van der Waals surface area contributed by atoms with Crippen molar-refractivity contribution in [2.75, 3.05) is 20.1 Å². The minimum absolute atomic E-state index is 0.0944. The lowest BCUT2D eigenvalue weighted by atomic mass is 10.2. The SMILES string of the molecule is CN(Cc1cccc(F)c1)C(=O)c1cc(S(=O)(=O)N2CCCC2)c[nH]1. The van der Waals surface area contributed by atoms with Crippen LogP contribution in [0.4, 0.5) is 4.39 Å². The smallest absolute Gasteiger partial charge is 0.270 e. The van der Waals surface area contributed by atoms with Crippen LogP contribution < -0.4 is 0 Å². The van der Waals surface area contributed by atoms with Gasteiger partial charge in [-0.3, -0.25) is 4.79 Å². The molecule has 3 rings (SSSR count). The molecule has 6 nitrogen and oxygen atoms in total. The molecule has 8 heteroatoms. The minimum atomic E-state index is -3.56. The fourth-order valence-electron chi connectivity index (χ4n) is 2.91. The van der Waals surface area contributed by atoms with E-state index in [0.717, 1.165) is 12.8 Å². The summed E-state index contributed by atoms with van der Waals surface area (Å²) in [6.07, 6.45) is 3.05. The molecule has 1 saturated heterocycles. The molecular weight excluding hydrogens is 345 g/mol. The predicted octanol–water partition coefficient (Wildman–Crippen LogP) is 2.21. The monoisotopic (exact) mass is 365 g/mol. The molecule has 1 aliphatic heterocycles. The van der Waals surface area contributed by atoms with Crippen LogP contribution in [-0.4, -0.2) is 48.7 Å². The van der Waals surface area contributed by atoms with Crippen molar-refractivity contribution in [2.45, 2.75) is 24.3 Å². The van der Waals surface area contributed by atoms with Crippen molar-refractivity contribution in [3.8, 4) is 0 Å². The highest BCUT2D eigenvalue weighted by Crippen LogP contribution is 2.22. The van der Waals surface area contributed by atoms with Gasteiger partial charge in [0.05, 0.1) is 0 Å². The molecule has 0 saturated carbocycles. The van der Waals surface area contributed by atoms with Crippen LogP contribution in [0, 0.1) is 5.82 Å². The highest BCUT2D eigenvalue weighted by molar-refractivity contribution is 7.89. The number of hydrogen-bond donors (Lipinski definition) is 1. The molecule has 1 aromatic carbocycles. The van der Waals surface area contributed by atoms with Gasteiger partial charge in [-0.05, 0) is 36.6 Å². The van der Waals surface area contributed by atoms with Crippen LogP contribution in [-0.2, 0) is 16.6 Å². The lowest BCUT2D eigenvalue weighted by molar-refractivity contribution is 0.0780. The van der Waals surface area contributed by atoms with Gasteiger partial charge in [-0.25, -0.2) is 12.8 Å². The van der Waals surface area contributed by atoms with Gasteiger partial charge in [0, 0.05) is 32.9 Å². The van der Waals surface area contributed by atoms with Gasteiger partial charge in [0.2, 0.25) is 10.0 Å². The molecule has 1 aliphatic rings. The van der Waals surface area contributed by atoms with Crippen LogP contribution >= 0.6 is 0 Å². The third-order valence-corrected chi connectivity index (χ3v) is 6.12. The van der Waals surface area contributed by atoms with Gasteiger partial charge in [-0.1, -0.05) is 12.1 Å². The van der Waals surface area contributed by atoms with Crippen LogP contribution in [0.25, 0.3) is 0 Å². The fraction of sp³-hybridized carbons (Fsp3) is 0.353. The van der Waals surface area contributed by atoms with E-state index in [1.807, 2.05) is 0 Å². The van der Waals surface area contributed by atoms with Gasteiger partial charge < -0.3 is 9.88 Å². The third-order valence-electron chi connectivity index (χ3n) is 4.25. The molecule has 1 amide bonds. The first-order valence-electron chi connectivity index (χ1n) is 8.06. The van der Waals surface area contributed by atoms with Crippen molar-refractivity contribution in [3.05, 3.63) is 53.6 Å². The number of carbonyl (C=O) groups is 1. The molecule has 2 aromatic rings. The van der Waals surface area contributed by atoms with Crippen molar-refractivity contribution >= 4 is 15.9 Å². The molecular formula is C17H20FN3O3S. The summed E-state index contributed by atoms with van der Waals surface area (Å²) in [5.41, 5.74) is 0.851. The Morgan fingerprint density at radius 1 is 1.28 bits per heavy atom. The zero-order valence-corrected chi connectivity index (χ0v) is 14.7. The molecule has 2 heterocycles. The van der Waals surface area contributed by atoms with Gasteiger partial charge in [-0.2, -0.15) is 4.31 Å². The summed E-state index contributed by atoms with van der Waals surface area (Å²) in [4.78, 5) is 16.7. The molecule has 0 spiro atoms. The average Bonchev–Trinajstić information content (AvgIpc) is 3.26. The molecule has 0 bridgehead atoms. The Bertz CT molecular complexity index is 873. The highest BCUT2D eigenvalue weighted by atomic mass is 32.2. The largest absolute Gasteiger partial charge is 0.356 e. The number of aromatic nitrogens is 1. The van der Waals surface area contributed by atoms with Gasteiger partial charge in [0.15, 0.2) is 0 Å². The first-order valence-corrected chi connectivity index (χ1v) is 9.50. The number of aromatic amines is 1. The number of sulfonamides is 1. The second-order valence-electron chi connectivity index (χ2n) is 6.15. The first kappa shape index (κ1) is 17.6. The van der Waals surface area contributed by atoms with Crippen molar-refractivity contribution in [2.24, 2.45) is 0 Å². The summed E-state index contributed by atoms with van der Waals surface area (Å²) in [5, 5.41) is 0. The second-order valence-corrected chi connectivity index (χ2v) is 8.09. The van der Waals surface area contributed by atoms with Crippen LogP contribution in [0.15, 0.2) is 41.4 Å². The fourth-order valence-corrected chi connectivity index (χ4v) is 4.42. The number of rotatable bonds is 5. The first-order chi connectivity index (χ1) is 11.9. The third kappa shape index (κ3) is 3.74. The van der Waals surface area contributed by atoms with E-state index in [1.165, 1.54) is 33.6 Å². The highest BCUT2D eigenvalue weighted by Gasteiger charge is 2.29. The second kappa shape index (κ2) is 6.97. The number of H-pyrrole nitrogens is 1. The van der Waals surface area contributed by atoms with Gasteiger partial charge in [-0.15, -0.1) is 0 Å². The Labute approximate surface area is 146 Å². The summed E-state index contributed by atoms with van der Waals surface area (Å²) >= 11 is 0. The van der Waals surface area contributed by atoms with Crippen LogP contribution in [0.5, 0.6) is 0 Å². The van der Waals surface area contributed by atoms with E-state index in [9.17, 15) is 17.6 Å². The Hall–Kier alpha value is -2.19. The Balaban J connectivity index is 1.74. The lowest BCUT2D eigenvalue weighted by Gasteiger charge is -2.16. The number of amides is 1. The van der Waals surface area contributed by atoms with E-state index < -0.39 is 10.0 Å². The van der Waals surface area contributed by atoms with E-state index in [0.29, 0.717) is 18.7 Å². The van der Waals surface area contributed by atoms with Gasteiger partial charge >= 0.3 is 0 Å². The topological polar surface area (TPSA) is 73.5 Å². The maximum atomic E-state index is 13.2. The quantitative estimate of drug-likeness (QED) is 0.883. The standard InChI is InChI=1S/C17H20FN3O3S/c1-20(12-13-5-4-6-14(18)9-13)17(22)16-10-15(11-19-16)25(23,24)21-7-2-3-8-21/h4-6,9-11,19H,2-3,7-8,12H2,1H3. The maximum absolute atomic E-state index is 13.2.